The van der Waals surface area contributed by atoms with Gasteiger partial charge in [-0.1, -0.05) is 18.2 Å². The Morgan fingerprint density at radius 3 is 2.79 bits per heavy atom. The van der Waals surface area contributed by atoms with E-state index in [4.69, 9.17) is 4.74 Å². The van der Waals surface area contributed by atoms with Gasteiger partial charge in [-0.05, 0) is 12.1 Å². The zero-order valence-electron chi connectivity index (χ0n) is 15.8. The lowest BCUT2D eigenvalue weighted by Crippen LogP contribution is -2.32. The van der Waals surface area contributed by atoms with Gasteiger partial charge in [0.2, 0.25) is 11.4 Å². The summed E-state index contributed by atoms with van der Waals surface area (Å²) in [5.41, 5.74) is 0.780. The van der Waals surface area contributed by atoms with Gasteiger partial charge in [0.1, 0.15) is 6.10 Å². The Hall–Kier alpha value is -3.42. The van der Waals surface area contributed by atoms with Crippen LogP contribution in [0.15, 0.2) is 47.3 Å². The molecule has 144 valence electrons. The molecule has 0 radical (unpaired) electrons. The van der Waals surface area contributed by atoms with Crippen LogP contribution >= 0.6 is 0 Å². The lowest BCUT2D eigenvalue weighted by atomic mass is 10.1. The van der Waals surface area contributed by atoms with Crippen molar-refractivity contribution in [1.29, 1.82) is 0 Å². The number of aromatic nitrogens is 3. The summed E-state index contributed by atoms with van der Waals surface area (Å²) < 4.78 is 5.88. The number of anilines is 1. The van der Waals surface area contributed by atoms with E-state index in [2.05, 4.69) is 15.2 Å². The van der Waals surface area contributed by atoms with Gasteiger partial charge in [-0.3, -0.25) is 9.59 Å². The maximum atomic E-state index is 13.0. The van der Waals surface area contributed by atoms with Crippen molar-refractivity contribution in [2.45, 2.75) is 12.5 Å². The SMILES string of the molecule is CN(C)c1ccc(OC2CCN(C(=O)c3cc(=O)[nH]c4ccccc34)C2)nn1. The predicted octanol–water partition coefficient (Wildman–Crippen LogP) is 1.68. The number of rotatable bonds is 4. The summed E-state index contributed by atoms with van der Waals surface area (Å²) in [7, 11) is 3.78. The largest absolute Gasteiger partial charge is 0.471 e. The molecule has 0 bridgehead atoms. The number of carbonyl (C=O) groups excluding carboxylic acids is 1. The van der Waals surface area contributed by atoms with Crippen LogP contribution in [0.1, 0.15) is 16.8 Å². The second-order valence-electron chi connectivity index (χ2n) is 7.00. The van der Waals surface area contributed by atoms with Gasteiger partial charge in [-0.2, -0.15) is 0 Å². The fourth-order valence-electron chi connectivity index (χ4n) is 3.35. The molecular weight excluding hydrogens is 358 g/mol. The van der Waals surface area contributed by atoms with Crippen LogP contribution in [0.5, 0.6) is 5.88 Å². The summed E-state index contributed by atoms with van der Waals surface area (Å²) in [6.45, 7) is 1.00. The van der Waals surface area contributed by atoms with Gasteiger partial charge in [0.25, 0.3) is 5.91 Å². The van der Waals surface area contributed by atoms with Gasteiger partial charge in [-0.15, -0.1) is 10.2 Å². The first-order chi connectivity index (χ1) is 13.5. The average molecular weight is 379 g/mol. The molecule has 1 unspecified atom stereocenters. The van der Waals surface area contributed by atoms with E-state index in [1.54, 1.807) is 17.0 Å². The third-order valence-corrected chi connectivity index (χ3v) is 4.78. The third kappa shape index (κ3) is 3.53. The smallest absolute Gasteiger partial charge is 0.254 e. The first-order valence-corrected chi connectivity index (χ1v) is 9.10. The summed E-state index contributed by atoms with van der Waals surface area (Å²) in [6, 6.07) is 12.3. The molecule has 0 saturated carbocycles. The number of benzene rings is 1. The molecule has 2 aromatic heterocycles. The minimum atomic E-state index is -0.287. The number of fused-ring (bicyclic) bond motifs is 1. The Balaban J connectivity index is 1.48. The predicted molar refractivity (Wildman–Crippen MR) is 106 cm³/mol. The molecule has 1 amide bonds. The number of amides is 1. The monoisotopic (exact) mass is 379 g/mol. The molecule has 8 nitrogen and oxygen atoms in total. The van der Waals surface area contributed by atoms with Crippen LogP contribution < -0.4 is 15.2 Å². The van der Waals surface area contributed by atoms with Crippen molar-refractivity contribution in [2.75, 3.05) is 32.1 Å². The molecule has 0 spiro atoms. The van der Waals surface area contributed by atoms with E-state index in [9.17, 15) is 9.59 Å². The van der Waals surface area contributed by atoms with Gasteiger partial charge in [-0.25, -0.2) is 0 Å². The molecule has 1 aliphatic heterocycles. The second kappa shape index (κ2) is 7.30. The zero-order valence-corrected chi connectivity index (χ0v) is 15.8. The van der Waals surface area contributed by atoms with Gasteiger partial charge >= 0.3 is 0 Å². The highest BCUT2D eigenvalue weighted by Crippen LogP contribution is 2.22. The first-order valence-electron chi connectivity index (χ1n) is 9.10. The maximum Gasteiger partial charge on any atom is 0.254 e. The van der Waals surface area contributed by atoms with E-state index >= 15 is 0 Å². The molecule has 1 fully saturated rings. The molecular formula is C20H21N5O3. The highest BCUT2D eigenvalue weighted by atomic mass is 16.5. The number of pyridine rings is 1. The molecule has 1 saturated heterocycles. The van der Waals surface area contributed by atoms with Crippen LogP contribution in [0, 0.1) is 0 Å². The molecule has 8 heteroatoms. The first kappa shape index (κ1) is 18.0. The van der Waals surface area contributed by atoms with E-state index in [0.717, 1.165) is 11.2 Å². The zero-order chi connectivity index (χ0) is 19.7. The average Bonchev–Trinajstić information content (AvgIpc) is 3.15. The van der Waals surface area contributed by atoms with Gasteiger partial charge < -0.3 is 19.5 Å². The Kier molecular flexibility index (Phi) is 4.68. The number of likely N-dealkylation sites (tertiary alicyclic amines) is 1. The number of ether oxygens (including phenoxy) is 1. The summed E-state index contributed by atoms with van der Waals surface area (Å²) in [4.78, 5) is 31.3. The van der Waals surface area contributed by atoms with E-state index in [1.165, 1.54) is 6.07 Å². The standard InChI is InChI=1S/C20H21N5O3/c1-24(2)17-7-8-19(23-22-17)28-13-9-10-25(12-13)20(27)15-11-18(26)21-16-6-4-3-5-14(15)16/h3-8,11,13H,9-10,12H2,1-2H3,(H,21,26). The van der Waals surface area contributed by atoms with E-state index in [0.29, 0.717) is 36.5 Å². The highest BCUT2D eigenvalue weighted by Gasteiger charge is 2.29. The van der Waals surface area contributed by atoms with Crippen molar-refractivity contribution in [3.8, 4) is 5.88 Å². The molecule has 0 aliphatic carbocycles. The van der Waals surface area contributed by atoms with Crippen molar-refractivity contribution < 1.29 is 9.53 Å². The fourth-order valence-corrected chi connectivity index (χ4v) is 3.35. The summed E-state index contributed by atoms with van der Waals surface area (Å²) >= 11 is 0. The van der Waals surface area contributed by atoms with E-state index in [-0.39, 0.29) is 17.6 Å². The quantitative estimate of drug-likeness (QED) is 0.742. The Bertz CT molecular complexity index is 1060. The molecule has 1 aliphatic rings. The molecule has 1 atom stereocenters. The number of H-pyrrole nitrogens is 1. The van der Waals surface area contributed by atoms with Crippen LogP contribution in [0.25, 0.3) is 10.9 Å². The third-order valence-electron chi connectivity index (χ3n) is 4.78. The van der Waals surface area contributed by atoms with E-state index < -0.39 is 0 Å². The minimum absolute atomic E-state index is 0.156. The van der Waals surface area contributed by atoms with Crippen LogP contribution in [-0.4, -0.2) is 59.3 Å². The van der Waals surface area contributed by atoms with Crippen LogP contribution in [0.2, 0.25) is 0 Å². The molecule has 4 rings (SSSR count). The molecule has 3 aromatic rings. The minimum Gasteiger partial charge on any atom is -0.471 e. The number of nitrogens with one attached hydrogen (secondary N) is 1. The Labute approximate surface area is 161 Å². The number of carbonyl (C=O) groups is 1. The van der Waals surface area contributed by atoms with E-state index in [1.807, 2.05) is 43.3 Å². The number of para-hydroxylation sites is 1. The summed E-state index contributed by atoms with van der Waals surface area (Å²) in [6.07, 6.45) is 0.543. The molecule has 1 N–H and O–H groups in total. The van der Waals surface area contributed by atoms with Crippen LogP contribution in [-0.2, 0) is 0 Å². The van der Waals surface area contributed by atoms with Crippen molar-refractivity contribution in [1.82, 2.24) is 20.1 Å². The Morgan fingerprint density at radius 1 is 1.21 bits per heavy atom. The lowest BCUT2D eigenvalue weighted by Gasteiger charge is -2.18. The Morgan fingerprint density at radius 2 is 2.04 bits per heavy atom. The molecule has 3 heterocycles. The lowest BCUT2D eigenvalue weighted by molar-refractivity contribution is 0.0772. The van der Waals surface area contributed by atoms with Gasteiger partial charge in [0, 0.05) is 50.1 Å². The maximum absolute atomic E-state index is 13.0. The topological polar surface area (TPSA) is 91.4 Å². The van der Waals surface area contributed by atoms with Gasteiger partial charge in [0.15, 0.2) is 5.82 Å². The summed E-state index contributed by atoms with van der Waals surface area (Å²) in [5.74, 6) is 1.02. The number of hydrogen-bond acceptors (Lipinski definition) is 6. The van der Waals surface area contributed by atoms with Crippen molar-refractivity contribution in [3.63, 3.8) is 0 Å². The summed E-state index contributed by atoms with van der Waals surface area (Å²) in [5, 5.41) is 8.92. The van der Waals surface area contributed by atoms with Crippen molar-refractivity contribution in [3.05, 3.63) is 58.4 Å². The molecule has 1 aromatic carbocycles. The number of nitrogens with zero attached hydrogens (tertiary/aromatic N) is 4. The van der Waals surface area contributed by atoms with Gasteiger partial charge in [0.05, 0.1) is 12.1 Å². The van der Waals surface area contributed by atoms with Crippen molar-refractivity contribution >= 4 is 22.6 Å². The number of aromatic amines is 1. The number of hydrogen-bond donors (Lipinski definition) is 1. The van der Waals surface area contributed by atoms with Crippen molar-refractivity contribution in [2.24, 2.45) is 0 Å². The highest BCUT2D eigenvalue weighted by molar-refractivity contribution is 6.06. The normalized spacial score (nSPS) is 16.4. The fraction of sp³-hybridized carbons (Fsp3) is 0.300. The van der Waals surface area contributed by atoms with Crippen LogP contribution in [0.4, 0.5) is 5.82 Å². The second-order valence-corrected chi connectivity index (χ2v) is 7.00. The molecule has 28 heavy (non-hydrogen) atoms. The van der Waals surface area contributed by atoms with Crippen LogP contribution in [0.3, 0.4) is 0 Å².